The second-order valence-electron chi connectivity index (χ2n) is 9.39. The zero-order valence-corrected chi connectivity index (χ0v) is 19.5. The number of aromatic nitrogens is 2. The van der Waals surface area contributed by atoms with Gasteiger partial charge in [-0.15, -0.1) is 0 Å². The summed E-state index contributed by atoms with van der Waals surface area (Å²) < 4.78 is 27.9. The molecule has 0 bridgehead atoms. The molecule has 2 aliphatic rings. The fourth-order valence-corrected chi connectivity index (χ4v) is 4.54. The third kappa shape index (κ3) is 4.95. The molecule has 1 saturated heterocycles. The van der Waals surface area contributed by atoms with Gasteiger partial charge in [0.25, 0.3) is 0 Å². The van der Waals surface area contributed by atoms with Crippen LogP contribution in [0, 0.1) is 17.0 Å². The average molecular weight is 480 g/mol. The molecule has 3 aromatic rings. The van der Waals surface area contributed by atoms with E-state index in [0.29, 0.717) is 36.2 Å². The molecule has 0 spiro atoms. The summed E-state index contributed by atoms with van der Waals surface area (Å²) in [4.78, 5) is 28.7. The number of piperazine rings is 1. The summed E-state index contributed by atoms with van der Waals surface area (Å²) in [5, 5.41) is 10.5. The van der Waals surface area contributed by atoms with E-state index in [1.807, 2.05) is 4.90 Å². The SMILES string of the molecule is CC(=O)N1CCN(CC2(C(=O)Nc3cc4c(C=Cc5ccc(F)cc5)n[nH]c4cc3F)CC2)CC1. The summed E-state index contributed by atoms with van der Waals surface area (Å²) in [5.41, 5.74) is 1.50. The van der Waals surface area contributed by atoms with Gasteiger partial charge in [0.1, 0.15) is 11.6 Å². The average Bonchev–Trinajstić information content (AvgIpc) is 3.53. The quantitative estimate of drug-likeness (QED) is 0.562. The minimum atomic E-state index is -0.533. The molecule has 9 heteroatoms. The van der Waals surface area contributed by atoms with Crippen molar-refractivity contribution in [2.24, 2.45) is 5.41 Å². The largest absolute Gasteiger partial charge is 0.340 e. The maximum absolute atomic E-state index is 14.8. The number of carbonyl (C=O) groups is 2. The molecule has 7 nitrogen and oxygen atoms in total. The van der Waals surface area contributed by atoms with Gasteiger partial charge in [-0.1, -0.05) is 18.2 Å². The van der Waals surface area contributed by atoms with Gasteiger partial charge in [0, 0.05) is 51.1 Å². The van der Waals surface area contributed by atoms with Crippen LogP contribution in [0.3, 0.4) is 0 Å². The molecule has 1 aromatic heterocycles. The number of nitrogens with one attached hydrogen (secondary N) is 2. The fourth-order valence-electron chi connectivity index (χ4n) is 4.54. The highest BCUT2D eigenvalue weighted by Crippen LogP contribution is 2.47. The Bertz CT molecular complexity index is 1290. The number of rotatable bonds is 6. The normalized spacial score (nSPS) is 17.7. The van der Waals surface area contributed by atoms with Crippen LogP contribution in [0.15, 0.2) is 36.4 Å². The number of amides is 2. The van der Waals surface area contributed by atoms with E-state index in [1.54, 1.807) is 37.3 Å². The van der Waals surface area contributed by atoms with Gasteiger partial charge in [-0.2, -0.15) is 5.10 Å². The van der Waals surface area contributed by atoms with Gasteiger partial charge in [0.05, 0.1) is 22.3 Å². The Kier molecular flexibility index (Phi) is 6.10. The summed E-state index contributed by atoms with van der Waals surface area (Å²) in [5.74, 6) is -0.957. The molecule has 0 atom stereocenters. The van der Waals surface area contributed by atoms with Gasteiger partial charge in [-0.25, -0.2) is 8.78 Å². The number of halogens is 2. The Morgan fingerprint density at radius 2 is 1.80 bits per heavy atom. The number of anilines is 1. The summed E-state index contributed by atoms with van der Waals surface area (Å²) in [6.07, 6.45) is 5.07. The maximum atomic E-state index is 14.8. The minimum absolute atomic E-state index is 0.0699. The Balaban J connectivity index is 1.29. The number of nitrogens with zero attached hydrogens (tertiary/aromatic N) is 3. The molecule has 0 radical (unpaired) electrons. The fraction of sp³-hybridized carbons (Fsp3) is 0.346. The van der Waals surface area contributed by atoms with E-state index in [1.165, 1.54) is 18.2 Å². The summed E-state index contributed by atoms with van der Waals surface area (Å²) >= 11 is 0. The highest BCUT2D eigenvalue weighted by Gasteiger charge is 2.51. The number of fused-ring (bicyclic) bond motifs is 1. The van der Waals surface area contributed by atoms with Crippen LogP contribution in [0.4, 0.5) is 14.5 Å². The standard InChI is InChI=1S/C26H27F2N5O2/c1-17(34)33-12-10-32(11-13-33)16-26(8-9-26)25(35)29-24-14-20-22(30-31-23(20)15-21(24)28)7-4-18-2-5-19(27)6-3-18/h2-7,14-15H,8-13,16H2,1H3,(H,29,35)(H,30,31). The third-order valence-electron chi connectivity index (χ3n) is 6.91. The monoisotopic (exact) mass is 479 g/mol. The number of aromatic amines is 1. The summed E-state index contributed by atoms with van der Waals surface area (Å²) in [7, 11) is 0. The highest BCUT2D eigenvalue weighted by molar-refractivity contribution is 6.00. The molecule has 1 saturated carbocycles. The first-order chi connectivity index (χ1) is 16.8. The molecule has 2 N–H and O–H groups in total. The lowest BCUT2D eigenvalue weighted by Gasteiger charge is -2.35. The van der Waals surface area contributed by atoms with Gasteiger partial charge in [0.15, 0.2) is 0 Å². The van der Waals surface area contributed by atoms with Gasteiger partial charge in [0.2, 0.25) is 11.8 Å². The van der Waals surface area contributed by atoms with Crippen LogP contribution in [0.5, 0.6) is 0 Å². The van der Waals surface area contributed by atoms with Crippen LogP contribution in [0.2, 0.25) is 0 Å². The molecule has 1 aliphatic carbocycles. The summed E-state index contributed by atoms with van der Waals surface area (Å²) in [6, 6.07) is 8.98. The Labute approximate surface area is 201 Å². The molecule has 2 fully saturated rings. The van der Waals surface area contributed by atoms with Crippen molar-refractivity contribution in [3.05, 3.63) is 59.3 Å². The van der Waals surface area contributed by atoms with E-state index < -0.39 is 11.2 Å². The predicted molar refractivity (Wildman–Crippen MR) is 130 cm³/mol. The van der Waals surface area contributed by atoms with Crippen LogP contribution in [0.25, 0.3) is 23.1 Å². The lowest BCUT2D eigenvalue weighted by Crippen LogP contribution is -2.50. The van der Waals surface area contributed by atoms with Crippen molar-refractivity contribution >= 4 is 40.6 Å². The van der Waals surface area contributed by atoms with Crippen LogP contribution in [-0.2, 0) is 9.59 Å². The van der Waals surface area contributed by atoms with E-state index in [4.69, 9.17) is 0 Å². The molecule has 5 rings (SSSR count). The smallest absolute Gasteiger partial charge is 0.231 e. The first-order valence-electron chi connectivity index (χ1n) is 11.7. The molecular weight excluding hydrogens is 452 g/mol. The van der Waals surface area contributed by atoms with Gasteiger partial charge in [-0.05, 0) is 42.7 Å². The third-order valence-corrected chi connectivity index (χ3v) is 6.91. The van der Waals surface area contributed by atoms with E-state index in [-0.39, 0.29) is 23.3 Å². The summed E-state index contributed by atoms with van der Waals surface area (Å²) in [6.45, 7) is 4.95. The van der Waals surface area contributed by atoms with Crippen molar-refractivity contribution < 1.29 is 18.4 Å². The van der Waals surface area contributed by atoms with Crippen LogP contribution < -0.4 is 5.32 Å². The highest BCUT2D eigenvalue weighted by atomic mass is 19.1. The zero-order chi connectivity index (χ0) is 24.6. The molecule has 1 aliphatic heterocycles. The van der Waals surface area contributed by atoms with Crippen molar-refractivity contribution in [3.8, 4) is 0 Å². The number of benzene rings is 2. The molecule has 2 heterocycles. The second-order valence-corrected chi connectivity index (χ2v) is 9.39. The molecule has 2 aromatic carbocycles. The molecule has 182 valence electrons. The van der Waals surface area contributed by atoms with E-state index in [9.17, 15) is 18.4 Å². The predicted octanol–water partition coefficient (Wildman–Crippen LogP) is 3.89. The van der Waals surface area contributed by atoms with Crippen molar-refractivity contribution in [3.63, 3.8) is 0 Å². The van der Waals surface area contributed by atoms with E-state index in [2.05, 4.69) is 20.4 Å². The van der Waals surface area contributed by atoms with E-state index >= 15 is 0 Å². The van der Waals surface area contributed by atoms with Crippen LogP contribution >= 0.6 is 0 Å². The first-order valence-corrected chi connectivity index (χ1v) is 11.7. The number of carbonyl (C=O) groups excluding carboxylic acids is 2. The van der Waals surface area contributed by atoms with Crippen molar-refractivity contribution in [2.75, 3.05) is 38.0 Å². The first kappa shape index (κ1) is 23.2. The maximum Gasteiger partial charge on any atom is 0.231 e. The molecule has 2 amide bonds. The van der Waals surface area contributed by atoms with Crippen molar-refractivity contribution in [1.29, 1.82) is 0 Å². The molecule has 35 heavy (non-hydrogen) atoms. The van der Waals surface area contributed by atoms with Gasteiger partial charge >= 0.3 is 0 Å². The minimum Gasteiger partial charge on any atom is -0.340 e. The Hall–Kier alpha value is -3.59. The lowest BCUT2D eigenvalue weighted by molar-refractivity contribution is -0.131. The Morgan fingerprint density at radius 1 is 1.09 bits per heavy atom. The molecular formula is C26H27F2N5O2. The van der Waals surface area contributed by atoms with E-state index in [0.717, 1.165) is 31.5 Å². The topological polar surface area (TPSA) is 81.3 Å². The lowest BCUT2D eigenvalue weighted by atomic mass is 10.0. The number of hydrogen-bond donors (Lipinski definition) is 2. The van der Waals surface area contributed by atoms with Gasteiger partial charge < -0.3 is 10.2 Å². The zero-order valence-electron chi connectivity index (χ0n) is 19.5. The molecule has 0 unspecified atom stereocenters. The van der Waals surface area contributed by atoms with Crippen LogP contribution in [0.1, 0.15) is 31.0 Å². The van der Waals surface area contributed by atoms with Crippen molar-refractivity contribution in [2.45, 2.75) is 19.8 Å². The number of H-pyrrole nitrogens is 1. The number of hydrogen-bond acceptors (Lipinski definition) is 4. The van der Waals surface area contributed by atoms with Gasteiger partial charge in [-0.3, -0.25) is 19.6 Å². The van der Waals surface area contributed by atoms with Crippen molar-refractivity contribution in [1.82, 2.24) is 20.0 Å². The Morgan fingerprint density at radius 3 is 2.46 bits per heavy atom. The van der Waals surface area contributed by atoms with Crippen LogP contribution in [-0.4, -0.2) is 64.5 Å². The second kappa shape index (κ2) is 9.22.